The molecule has 1 amide bonds. The fourth-order valence-electron chi connectivity index (χ4n) is 3.17. The molecule has 0 unspecified atom stereocenters. The molecule has 0 aliphatic carbocycles. The third kappa shape index (κ3) is 4.19. The number of aromatic nitrogens is 2. The topological polar surface area (TPSA) is 80.9 Å². The third-order valence-corrected chi connectivity index (χ3v) is 5.45. The molecule has 32 heavy (non-hydrogen) atoms. The summed E-state index contributed by atoms with van der Waals surface area (Å²) in [5.74, 6) is 0.0677. The van der Waals surface area contributed by atoms with Gasteiger partial charge in [-0.15, -0.1) is 11.3 Å². The van der Waals surface area contributed by atoms with E-state index in [2.05, 4.69) is 20.4 Å². The molecule has 2 aromatic heterocycles. The van der Waals surface area contributed by atoms with E-state index in [1.807, 2.05) is 23.6 Å². The number of nitrogens with zero attached hydrogens (tertiary/aromatic N) is 4. The number of thiazole rings is 1. The fourth-order valence-corrected chi connectivity index (χ4v) is 4.03. The summed E-state index contributed by atoms with van der Waals surface area (Å²) < 4.78 is 20.7. The highest BCUT2D eigenvalue weighted by Crippen LogP contribution is 2.33. The highest BCUT2D eigenvalue weighted by Gasteiger charge is 2.17. The van der Waals surface area contributed by atoms with E-state index in [0.29, 0.717) is 27.5 Å². The van der Waals surface area contributed by atoms with Crippen molar-refractivity contribution in [3.05, 3.63) is 88.6 Å². The Morgan fingerprint density at radius 1 is 1.19 bits per heavy atom. The van der Waals surface area contributed by atoms with Crippen LogP contribution in [0.15, 0.2) is 82.5 Å². The zero-order valence-corrected chi connectivity index (χ0v) is 17.4. The van der Waals surface area contributed by atoms with Gasteiger partial charge in [0.2, 0.25) is 4.80 Å². The first-order chi connectivity index (χ1) is 15.7. The van der Waals surface area contributed by atoms with Crippen LogP contribution in [0.2, 0.25) is 0 Å². The van der Waals surface area contributed by atoms with Crippen LogP contribution in [0.25, 0.3) is 11.3 Å². The quantitative estimate of drug-likeness (QED) is 0.478. The Morgan fingerprint density at radius 3 is 2.97 bits per heavy atom. The molecule has 7 nitrogen and oxygen atoms in total. The normalized spacial score (nSPS) is 13.7. The van der Waals surface area contributed by atoms with E-state index in [1.54, 1.807) is 47.5 Å². The van der Waals surface area contributed by atoms with Crippen molar-refractivity contribution in [3.8, 4) is 17.0 Å². The minimum Gasteiger partial charge on any atom is -0.482 e. The number of benzene rings is 2. The molecule has 5 rings (SSSR count). The van der Waals surface area contributed by atoms with E-state index in [1.165, 1.54) is 23.5 Å². The number of hydrogen-bond acceptors (Lipinski definition) is 6. The lowest BCUT2D eigenvalue weighted by atomic mass is 10.1. The van der Waals surface area contributed by atoms with Gasteiger partial charge in [0.05, 0.1) is 29.5 Å². The van der Waals surface area contributed by atoms with E-state index >= 15 is 0 Å². The Bertz CT molecular complexity index is 1400. The molecule has 1 aliphatic heterocycles. The Morgan fingerprint density at radius 2 is 2.12 bits per heavy atom. The summed E-state index contributed by atoms with van der Waals surface area (Å²) in [5, 5.41) is 9.32. The second kappa shape index (κ2) is 8.56. The summed E-state index contributed by atoms with van der Waals surface area (Å²) in [4.78, 5) is 21.1. The number of carbonyl (C=O) groups is 1. The Balaban J connectivity index is 1.62. The van der Waals surface area contributed by atoms with Gasteiger partial charge >= 0.3 is 0 Å². The monoisotopic (exact) mass is 445 g/mol. The third-order valence-electron chi connectivity index (χ3n) is 4.64. The average molecular weight is 445 g/mol. The summed E-state index contributed by atoms with van der Waals surface area (Å²) in [6.07, 6.45) is 4.91. The Labute approximate surface area is 186 Å². The molecule has 0 saturated heterocycles. The van der Waals surface area contributed by atoms with Gasteiger partial charge in [0.25, 0.3) is 5.91 Å². The van der Waals surface area contributed by atoms with Crippen LogP contribution in [0.3, 0.4) is 0 Å². The number of ether oxygens (including phenoxy) is 1. The van der Waals surface area contributed by atoms with E-state index in [9.17, 15) is 9.18 Å². The molecule has 0 saturated carbocycles. The number of fused-ring (bicyclic) bond motifs is 1. The van der Waals surface area contributed by atoms with Crippen molar-refractivity contribution < 1.29 is 13.9 Å². The lowest BCUT2D eigenvalue weighted by Gasteiger charge is -2.18. The molecule has 1 N–H and O–H groups in total. The largest absolute Gasteiger partial charge is 0.482 e. The second-order valence-electron chi connectivity index (χ2n) is 6.89. The molecule has 3 heterocycles. The van der Waals surface area contributed by atoms with E-state index in [-0.39, 0.29) is 18.3 Å². The maximum Gasteiger partial charge on any atom is 0.262 e. The van der Waals surface area contributed by atoms with Crippen LogP contribution in [0.1, 0.15) is 5.56 Å². The van der Waals surface area contributed by atoms with Gasteiger partial charge in [-0.2, -0.15) is 5.10 Å². The van der Waals surface area contributed by atoms with Crippen molar-refractivity contribution in [1.82, 2.24) is 9.66 Å². The molecule has 9 heteroatoms. The lowest BCUT2D eigenvalue weighted by Crippen LogP contribution is -2.25. The predicted molar refractivity (Wildman–Crippen MR) is 121 cm³/mol. The van der Waals surface area contributed by atoms with Crippen LogP contribution >= 0.6 is 11.3 Å². The molecule has 4 aromatic rings. The number of anilines is 1. The SMILES string of the molecule is O=C1COc2ccc(-c3csc(=Nc4cccnc4)n3N=Cc3cccc(F)c3)cc2N1. The number of pyridine rings is 1. The van der Waals surface area contributed by atoms with Crippen molar-refractivity contribution >= 4 is 34.8 Å². The molecule has 2 aromatic carbocycles. The number of halogens is 1. The van der Waals surface area contributed by atoms with Gasteiger partial charge in [-0.3, -0.25) is 9.78 Å². The van der Waals surface area contributed by atoms with Gasteiger partial charge in [-0.1, -0.05) is 12.1 Å². The van der Waals surface area contributed by atoms with E-state index < -0.39 is 0 Å². The summed E-state index contributed by atoms with van der Waals surface area (Å²) in [6, 6.07) is 15.4. The van der Waals surface area contributed by atoms with Crippen molar-refractivity contribution in [1.29, 1.82) is 0 Å². The van der Waals surface area contributed by atoms with Crippen molar-refractivity contribution in [3.63, 3.8) is 0 Å². The number of rotatable bonds is 4. The van der Waals surface area contributed by atoms with E-state index in [0.717, 1.165) is 11.3 Å². The van der Waals surface area contributed by atoms with Gasteiger partial charge in [0, 0.05) is 17.1 Å². The van der Waals surface area contributed by atoms with Crippen LogP contribution in [0, 0.1) is 5.82 Å². The van der Waals surface area contributed by atoms with E-state index in [4.69, 9.17) is 4.74 Å². The number of nitrogens with one attached hydrogen (secondary N) is 1. The maximum absolute atomic E-state index is 13.6. The fraction of sp³-hybridized carbons (Fsp3) is 0.0435. The minimum absolute atomic E-state index is 0.00311. The number of hydrogen-bond donors (Lipinski definition) is 1. The number of amides is 1. The first kappa shape index (κ1) is 19.8. The highest BCUT2D eigenvalue weighted by atomic mass is 32.1. The standard InChI is InChI=1S/C23H16FN5O2S/c24-17-4-1-3-15(9-17)11-26-29-20(14-32-23(29)27-18-5-2-8-25-12-18)16-6-7-21-19(10-16)28-22(30)13-31-21/h1-12,14H,13H2,(H,28,30). The summed E-state index contributed by atoms with van der Waals surface area (Å²) in [7, 11) is 0. The van der Waals surface area contributed by atoms with Gasteiger partial charge < -0.3 is 10.1 Å². The van der Waals surface area contributed by atoms with Crippen LogP contribution in [0.5, 0.6) is 5.75 Å². The molecule has 158 valence electrons. The molecular formula is C23H16FN5O2S. The van der Waals surface area contributed by atoms with Gasteiger partial charge in [-0.25, -0.2) is 14.1 Å². The first-order valence-electron chi connectivity index (χ1n) is 9.68. The lowest BCUT2D eigenvalue weighted by molar-refractivity contribution is -0.118. The summed E-state index contributed by atoms with van der Waals surface area (Å²) >= 11 is 1.40. The Hall–Kier alpha value is -4.11. The summed E-state index contributed by atoms with van der Waals surface area (Å²) in [5.41, 5.74) is 3.47. The van der Waals surface area contributed by atoms with Crippen LogP contribution in [-0.4, -0.2) is 28.4 Å². The first-order valence-corrected chi connectivity index (χ1v) is 10.6. The zero-order valence-electron chi connectivity index (χ0n) is 16.6. The van der Waals surface area contributed by atoms with Gasteiger partial charge in [0.15, 0.2) is 6.61 Å². The van der Waals surface area contributed by atoms with Crippen LogP contribution in [0.4, 0.5) is 15.8 Å². The van der Waals surface area contributed by atoms with Crippen LogP contribution < -0.4 is 14.9 Å². The molecule has 0 atom stereocenters. The summed E-state index contributed by atoms with van der Waals surface area (Å²) in [6.45, 7) is -0.00311. The van der Waals surface area contributed by atoms with Gasteiger partial charge in [0.1, 0.15) is 11.6 Å². The zero-order chi connectivity index (χ0) is 21.9. The molecule has 1 aliphatic rings. The smallest absolute Gasteiger partial charge is 0.262 e. The molecule has 0 spiro atoms. The van der Waals surface area contributed by atoms with Crippen molar-refractivity contribution in [2.45, 2.75) is 0 Å². The minimum atomic E-state index is -0.338. The Kier molecular flexibility index (Phi) is 5.30. The molecule has 0 fully saturated rings. The number of carbonyl (C=O) groups excluding carboxylic acids is 1. The molecule has 0 bridgehead atoms. The molecule has 0 radical (unpaired) electrons. The maximum atomic E-state index is 13.6. The predicted octanol–water partition coefficient (Wildman–Crippen LogP) is 4.20. The average Bonchev–Trinajstić information content (AvgIpc) is 3.20. The van der Waals surface area contributed by atoms with Crippen LogP contribution in [-0.2, 0) is 4.79 Å². The van der Waals surface area contributed by atoms with Crippen molar-refractivity contribution in [2.24, 2.45) is 10.1 Å². The van der Waals surface area contributed by atoms with Crippen molar-refractivity contribution in [2.75, 3.05) is 11.9 Å². The molecular weight excluding hydrogens is 429 g/mol. The second-order valence-corrected chi connectivity index (χ2v) is 7.72. The van der Waals surface area contributed by atoms with Gasteiger partial charge in [-0.05, 0) is 48.0 Å². The highest BCUT2D eigenvalue weighted by molar-refractivity contribution is 7.07.